The normalized spacial score (nSPS) is 10.9. The van der Waals surface area contributed by atoms with Gasteiger partial charge in [0.25, 0.3) is 0 Å². The van der Waals surface area contributed by atoms with Crippen molar-refractivity contribution >= 4 is 5.69 Å². The molecule has 0 radical (unpaired) electrons. The van der Waals surface area contributed by atoms with E-state index in [2.05, 4.69) is 13.8 Å². The highest BCUT2D eigenvalue weighted by atomic mass is 16.5. The first-order valence-corrected chi connectivity index (χ1v) is 6.66. The van der Waals surface area contributed by atoms with Crippen LogP contribution in [0.25, 0.3) is 0 Å². The summed E-state index contributed by atoms with van der Waals surface area (Å²) in [5, 5.41) is 0. The van der Waals surface area contributed by atoms with E-state index in [4.69, 9.17) is 15.2 Å². The summed E-state index contributed by atoms with van der Waals surface area (Å²) in [6.07, 6.45) is 0.912. The van der Waals surface area contributed by atoms with Crippen LogP contribution in [0.2, 0.25) is 0 Å². The lowest BCUT2D eigenvalue weighted by Gasteiger charge is -2.16. The van der Waals surface area contributed by atoms with Gasteiger partial charge in [0, 0.05) is 25.3 Å². The summed E-state index contributed by atoms with van der Waals surface area (Å²) >= 11 is 0. The minimum atomic E-state index is 0.412. The van der Waals surface area contributed by atoms with Crippen LogP contribution >= 0.6 is 0 Å². The van der Waals surface area contributed by atoms with Crippen LogP contribution in [-0.2, 0) is 4.74 Å². The predicted molar refractivity (Wildman–Crippen MR) is 76.3 cm³/mol. The average molecular weight is 251 g/mol. The van der Waals surface area contributed by atoms with Crippen LogP contribution in [0, 0.1) is 6.92 Å². The number of anilines is 1. The Morgan fingerprint density at radius 2 is 1.94 bits per heavy atom. The van der Waals surface area contributed by atoms with E-state index < -0.39 is 0 Å². The van der Waals surface area contributed by atoms with Crippen molar-refractivity contribution in [1.29, 1.82) is 0 Å². The van der Waals surface area contributed by atoms with Gasteiger partial charge in [0.15, 0.2) is 0 Å². The van der Waals surface area contributed by atoms with Crippen molar-refractivity contribution in [3.63, 3.8) is 0 Å². The van der Waals surface area contributed by atoms with Gasteiger partial charge in [-0.15, -0.1) is 0 Å². The van der Waals surface area contributed by atoms with Gasteiger partial charge in [0.05, 0.1) is 6.61 Å². The van der Waals surface area contributed by atoms with E-state index >= 15 is 0 Å². The fourth-order valence-electron chi connectivity index (χ4n) is 1.78. The van der Waals surface area contributed by atoms with Crippen LogP contribution < -0.4 is 10.5 Å². The monoisotopic (exact) mass is 251 g/mol. The molecule has 0 aliphatic carbocycles. The Hall–Kier alpha value is -1.22. The Balaban J connectivity index is 2.65. The third kappa shape index (κ3) is 4.22. The summed E-state index contributed by atoms with van der Waals surface area (Å²) in [5.74, 6) is 1.36. The third-order valence-corrected chi connectivity index (χ3v) is 2.92. The molecular formula is C15H25NO2. The Kier molecular flexibility index (Phi) is 5.99. The minimum absolute atomic E-state index is 0.412. The van der Waals surface area contributed by atoms with Gasteiger partial charge < -0.3 is 15.2 Å². The molecule has 2 N–H and O–H groups in total. The first-order valence-electron chi connectivity index (χ1n) is 6.66. The van der Waals surface area contributed by atoms with E-state index in [1.807, 2.05) is 26.0 Å². The minimum Gasteiger partial charge on any atom is -0.493 e. The zero-order valence-electron chi connectivity index (χ0n) is 12.0. The molecule has 0 aliphatic rings. The topological polar surface area (TPSA) is 44.5 Å². The van der Waals surface area contributed by atoms with Gasteiger partial charge in [-0.3, -0.25) is 0 Å². The molecule has 1 aromatic carbocycles. The zero-order chi connectivity index (χ0) is 13.5. The summed E-state index contributed by atoms with van der Waals surface area (Å²) < 4.78 is 11.1. The maximum absolute atomic E-state index is 5.95. The standard InChI is InChI=1S/C15H25NO2/c1-5-17-7-6-8-18-15-9-12(4)14(16)10-13(15)11(2)3/h9-11H,5-8,16H2,1-4H3. The lowest BCUT2D eigenvalue weighted by molar-refractivity contribution is 0.130. The summed E-state index contributed by atoms with van der Waals surface area (Å²) in [6.45, 7) is 10.5. The second-order valence-corrected chi connectivity index (χ2v) is 4.80. The number of hydrogen-bond donors (Lipinski definition) is 1. The molecule has 0 saturated carbocycles. The third-order valence-electron chi connectivity index (χ3n) is 2.92. The SMILES string of the molecule is CCOCCCOc1cc(C)c(N)cc1C(C)C. The second kappa shape index (κ2) is 7.27. The molecule has 0 unspecified atom stereocenters. The molecule has 1 aromatic rings. The Morgan fingerprint density at radius 3 is 2.56 bits per heavy atom. The Labute approximate surface area is 110 Å². The smallest absolute Gasteiger partial charge is 0.123 e. The van der Waals surface area contributed by atoms with Crippen molar-refractivity contribution in [2.24, 2.45) is 0 Å². The highest BCUT2D eigenvalue weighted by Crippen LogP contribution is 2.30. The van der Waals surface area contributed by atoms with Gasteiger partial charge in [-0.1, -0.05) is 13.8 Å². The highest BCUT2D eigenvalue weighted by Gasteiger charge is 2.10. The fourth-order valence-corrected chi connectivity index (χ4v) is 1.78. The fraction of sp³-hybridized carbons (Fsp3) is 0.600. The van der Waals surface area contributed by atoms with Crippen LogP contribution in [0.4, 0.5) is 5.69 Å². The molecule has 1 rings (SSSR count). The molecular weight excluding hydrogens is 226 g/mol. The molecule has 0 bridgehead atoms. The van der Waals surface area contributed by atoms with Crippen LogP contribution in [0.1, 0.15) is 44.2 Å². The Bertz CT molecular complexity index is 375. The first kappa shape index (κ1) is 14.8. The zero-order valence-corrected chi connectivity index (χ0v) is 12.0. The van der Waals surface area contributed by atoms with E-state index in [0.29, 0.717) is 12.5 Å². The number of benzene rings is 1. The van der Waals surface area contributed by atoms with Crippen molar-refractivity contribution in [2.45, 2.75) is 40.0 Å². The lowest BCUT2D eigenvalue weighted by atomic mass is 9.99. The van der Waals surface area contributed by atoms with Crippen molar-refractivity contribution in [1.82, 2.24) is 0 Å². The molecule has 0 saturated heterocycles. The molecule has 0 spiro atoms. The highest BCUT2D eigenvalue weighted by molar-refractivity contribution is 5.55. The van der Waals surface area contributed by atoms with Gasteiger partial charge in [-0.05, 0) is 43.0 Å². The van der Waals surface area contributed by atoms with E-state index in [0.717, 1.165) is 36.6 Å². The van der Waals surface area contributed by atoms with Gasteiger partial charge in [0.2, 0.25) is 0 Å². The van der Waals surface area contributed by atoms with Gasteiger partial charge in [0.1, 0.15) is 5.75 Å². The quantitative estimate of drug-likeness (QED) is 0.596. The summed E-state index contributed by atoms with van der Waals surface area (Å²) in [6, 6.07) is 4.06. The van der Waals surface area contributed by atoms with Crippen molar-refractivity contribution in [3.05, 3.63) is 23.3 Å². The largest absolute Gasteiger partial charge is 0.493 e. The van der Waals surface area contributed by atoms with Gasteiger partial charge in [-0.25, -0.2) is 0 Å². The summed E-state index contributed by atoms with van der Waals surface area (Å²) in [4.78, 5) is 0. The average Bonchev–Trinajstić information content (AvgIpc) is 2.32. The predicted octanol–water partition coefficient (Wildman–Crippen LogP) is 3.51. The van der Waals surface area contributed by atoms with Gasteiger partial charge >= 0.3 is 0 Å². The molecule has 18 heavy (non-hydrogen) atoms. The van der Waals surface area contributed by atoms with E-state index in [1.165, 1.54) is 5.56 Å². The molecule has 0 aromatic heterocycles. The van der Waals surface area contributed by atoms with Gasteiger partial charge in [-0.2, -0.15) is 0 Å². The first-order chi connectivity index (χ1) is 8.56. The van der Waals surface area contributed by atoms with Crippen molar-refractivity contribution < 1.29 is 9.47 Å². The lowest BCUT2D eigenvalue weighted by Crippen LogP contribution is -2.06. The Morgan fingerprint density at radius 1 is 1.22 bits per heavy atom. The summed E-state index contributed by atoms with van der Waals surface area (Å²) in [5.41, 5.74) is 9.02. The second-order valence-electron chi connectivity index (χ2n) is 4.80. The molecule has 0 atom stereocenters. The van der Waals surface area contributed by atoms with E-state index in [1.54, 1.807) is 0 Å². The van der Waals surface area contributed by atoms with Crippen molar-refractivity contribution in [3.8, 4) is 5.75 Å². The van der Waals surface area contributed by atoms with E-state index in [-0.39, 0.29) is 0 Å². The number of nitrogen functional groups attached to an aromatic ring is 1. The number of hydrogen-bond acceptors (Lipinski definition) is 3. The number of ether oxygens (including phenoxy) is 2. The van der Waals surface area contributed by atoms with Crippen molar-refractivity contribution in [2.75, 3.05) is 25.6 Å². The molecule has 3 nitrogen and oxygen atoms in total. The van der Waals surface area contributed by atoms with Crippen LogP contribution in [-0.4, -0.2) is 19.8 Å². The molecule has 0 amide bonds. The van der Waals surface area contributed by atoms with E-state index in [9.17, 15) is 0 Å². The molecule has 102 valence electrons. The molecule has 0 fully saturated rings. The molecule has 0 aliphatic heterocycles. The molecule has 0 heterocycles. The van der Waals surface area contributed by atoms with Crippen LogP contribution in [0.15, 0.2) is 12.1 Å². The number of aryl methyl sites for hydroxylation is 1. The number of nitrogens with two attached hydrogens (primary N) is 1. The van der Waals surface area contributed by atoms with Crippen LogP contribution in [0.3, 0.4) is 0 Å². The van der Waals surface area contributed by atoms with Crippen LogP contribution in [0.5, 0.6) is 5.75 Å². The molecule has 3 heteroatoms. The summed E-state index contributed by atoms with van der Waals surface area (Å²) in [7, 11) is 0. The number of rotatable bonds is 7. The maximum Gasteiger partial charge on any atom is 0.123 e. The maximum atomic E-state index is 5.95.